The van der Waals surface area contributed by atoms with Gasteiger partial charge in [0.15, 0.2) is 6.61 Å². The Labute approximate surface area is 167 Å². The molecule has 0 N–H and O–H groups in total. The first-order chi connectivity index (χ1) is 13.0. The Hall–Kier alpha value is -1.82. The fourth-order valence-electron chi connectivity index (χ4n) is 2.94. The Morgan fingerprint density at radius 1 is 1.26 bits per heavy atom. The number of hydrogen-bond donors (Lipinski definition) is 0. The van der Waals surface area contributed by atoms with Gasteiger partial charge in [-0.2, -0.15) is 0 Å². The molecule has 0 aromatic heterocycles. The van der Waals surface area contributed by atoms with E-state index in [4.69, 9.17) is 32.7 Å². The van der Waals surface area contributed by atoms with Crippen molar-refractivity contribution in [3.05, 3.63) is 63.9 Å². The minimum absolute atomic E-state index is 0.0418. The van der Waals surface area contributed by atoms with Crippen LogP contribution in [0.1, 0.15) is 18.4 Å². The van der Waals surface area contributed by atoms with Gasteiger partial charge in [0.2, 0.25) is 0 Å². The van der Waals surface area contributed by atoms with Crippen molar-refractivity contribution in [3.63, 3.8) is 0 Å². The Morgan fingerprint density at radius 3 is 2.78 bits per heavy atom. The van der Waals surface area contributed by atoms with Gasteiger partial charge in [-0.3, -0.25) is 4.79 Å². The zero-order chi connectivity index (χ0) is 19.2. The van der Waals surface area contributed by atoms with Gasteiger partial charge >= 0.3 is 0 Å². The molecule has 1 amide bonds. The monoisotopic (exact) mass is 411 g/mol. The second kappa shape index (κ2) is 9.40. The van der Waals surface area contributed by atoms with Gasteiger partial charge in [0, 0.05) is 30.3 Å². The van der Waals surface area contributed by atoms with E-state index in [1.54, 1.807) is 41.3 Å². The minimum atomic E-state index is -0.343. The Balaban J connectivity index is 1.68. The molecule has 0 aliphatic carbocycles. The van der Waals surface area contributed by atoms with Crippen LogP contribution in [0.2, 0.25) is 10.0 Å². The molecule has 1 aliphatic heterocycles. The van der Waals surface area contributed by atoms with Crippen molar-refractivity contribution in [1.29, 1.82) is 0 Å². The highest BCUT2D eigenvalue weighted by Gasteiger charge is 2.24. The van der Waals surface area contributed by atoms with Crippen LogP contribution >= 0.6 is 23.2 Å². The van der Waals surface area contributed by atoms with Crippen LogP contribution in [-0.2, 0) is 16.1 Å². The number of carbonyl (C=O) groups is 1. The molecule has 0 bridgehead atoms. The van der Waals surface area contributed by atoms with Crippen LogP contribution < -0.4 is 4.74 Å². The first kappa shape index (κ1) is 19.9. The Bertz CT molecular complexity index is 797. The summed E-state index contributed by atoms with van der Waals surface area (Å²) in [6.07, 6.45) is 1.80. The molecule has 1 unspecified atom stereocenters. The fraction of sp³-hybridized carbons (Fsp3) is 0.350. The lowest BCUT2D eigenvalue weighted by atomic mass is 10.1. The molecular formula is C20H20Cl2FNO3. The van der Waals surface area contributed by atoms with E-state index in [1.165, 1.54) is 6.07 Å². The van der Waals surface area contributed by atoms with Crippen molar-refractivity contribution in [2.45, 2.75) is 25.5 Å². The molecule has 7 heteroatoms. The summed E-state index contributed by atoms with van der Waals surface area (Å²) in [4.78, 5) is 14.3. The van der Waals surface area contributed by atoms with Gasteiger partial charge < -0.3 is 14.4 Å². The molecule has 3 rings (SSSR count). The second-order valence-corrected chi connectivity index (χ2v) is 7.21. The summed E-state index contributed by atoms with van der Waals surface area (Å²) in [7, 11) is 0. The third kappa shape index (κ3) is 5.58. The van der Waals surface area contributed by atoms with E-state index in [0.29, 0.717) is 34.5 Å². The number of hydrogen-bond acceptors (Lipinski definition) is 3. The van der Waals surface area contributed by atoms with Crippen molar-refractivity contribution >= 4 is 29.1 Å². The van der Waals surface area contributed by atoms with Gasteiger partial charge in [0.25, 0.3) is 5.91 Å². The van der Waals surface area contributed by atoms with Crippen molar-refractivity contribution in [3.8, 4) is 5.75 Å². The number of benzene rings is 2. The molecule has 0 radical (unpaired) electrons. The average molecular weight is 412 g/mol. The van der Waals surface area contributed by atoms with Crippen molar-refractivity contribution < 1.29 is 18.7 Å². The molecule has 2 aromatic rings. The lowest BCUT2D eigenvalue weighted by Crippen LogP contribution is -2.39. The van der Waals surface area contributed by atoms with Gasteiger partial charge in [0.1, 0.15) is 11.6 Å². The fourth-order valence-corrected chi connectivity index (χ4v) is 3.41. The molecule has 0 saturated carbocycles. The number of rotatable bonds is 7. The van der Waals surface area contributed by atoms with Gasteiger partial charge in [-0.15, -0.1) is 0 Å². The van der Waals surface area contributed by atoms with E-state index < -0.39 is 0 Å². The molecule has 1 atom stereocenters. The minimum Gasteiger partial charge on any atom is -0.482 e. The third-order valence-corrected chi connectivity index (χ3v) is 4.90. The maximum Gasteiger partial charge on any atom is 0.260 e. The summed E-state index contributed by atoms with van der Waals surface area (Å²) in [6.45, 7) is 1.03. The first-order valence-corrected chi connectivity index (χ1v) is 9.49. The highest BCUT2D eigenvalue weighted by atomic mass is 35.5. The molecule has 2 aromatic carbocycles. The molecular weight excluding hydrogens is 392 g/mol. The molecule has 1 heterocycles. The number of ether oxygens (including phenoxy) is 2. The quantitative estimate of drug-likeness (QED) is 0.661. The number of nitrogens with zero attached hydrogens (tertiary/aromatic N) is 1. The second-order valence-electron chi connectivity index (χ2n) is 6.36. The summed E-state index contributed by atoms with van der Waals surface area (Å²) < 4.78 is 25.2. The van der Waals surface area contributed by atoms with E-state index in [-0.39, 0.29) is 31.0 Å². The standard InChI is InChI=1S/C20H20Cl2FNO3/c21-15-7-8-19(17(22)10-15)27-13-20(25)24(12-16-5-3-9-26-16)11-14-4-1-2-6-18(14)23/h1-2,4,6-8,10,16H,3,5,9,11-13H2. The lowest BCUT2D eigenvalue weighted by molar-refractivity contribution is -0.135. The lowest BCUT2D eigenvalue weighted by Gasteiger charge is -2.26. The molecule has 1 saturated heterocycles. The summed E-state index contributed by atoms with van der Waals surface area (Å²) in [5.41, 5.74) is 0.452. The molecule has 144 valence electrons. The van der Waals surface area contributed by atoms with Crippen LogP contribution in [0, 0.1) is 5.82 Å². The molecule has 0 spiro atoms. The summed E-state index contributed by atoms with van der Waals surface area (Å²) >= 11 is 11.9. The van der Waals surface area contributed by atoms with E-state index in [9.17, 15) is 9.18 Å². The first-order valence-electron chi connectivity index (χ1n) is 8.73. The molecule has 1 fully saturated rings. The summed E-state index contributed by atoms with van der Waals surface area (Å²) in [5, 5.41) is 0.813. The molecule has 1 aliphatic rings. The Kier molecular flexibility index (Phi) is 6.94. The zero-order valence-corrected chi connectivity index (χ0v) is 16.2. The number of carbonyl (C=O) groups excluding carboxylic acids is 1. The van der Waals surface area contributed by atoms with Crippen LogP contribution in [0.4, 0.5) is 4.39 Å². The van der Waals surface area contributed by atoms with Gasteiger partial charge in [0.05, 0.1) is 11.1 Å². The molecule has 27 heavy (non-hydrogen) atoms. The topological polar surface area (TPSA) is 38.8 Å². The summed E-state index contributed by atoms with van der Waals surface area (Å²) in [6, 6.07) is 11.2. The number of amides is 1. The number of halogens is 3. The predicted molar refractivity (Wildman–Crippen MR) is 103 cm³/mol. The smallest absolute Gasteiger partial charge is 0.260 e. The van der Waals surface area contributed by atoms with E-state index in [0.717, 1.165) is 12.8 Å². The van der Waals surface area contributed by atoms with E-state index >= 15 is 0 Å². The highest BCUT2D eigenvalue weighted by Crippen LogP contribution is 2.27. The highest BCUT2D eigenvalue weighted by molar-refractivity contribution is 6.35. The van der Waals surface area contributed by atoms with Gasteiger partial charge in [-0.25, -0.2) is 4.39 Å². The van der Waals surface area contributed by atoms with Gasteiger partial charge in [-0.05, 0) is 37.1 Å². The normalized spacial score (nSPS) is 16.3. The van der Waals surface area contributed by atoms with E-state index in [2.05, 4.69) is 0 Å². The zero-order valence-electron chi connectivity index (χ0n) is 14.7. The Morgan fingerprint density at radius 2 is 2.07 bits per heavy atom. The maximum atomic E-state index is 14.0. The van der Waals surface area contributed by atoms with Crippen LogP contribution in [-0.4, -0.2) is 36.7 Å². The third-order valence-electron chi connectivity index (χ3n) is 4.36. The van der Waals surface area contributed by atoms with Crippen molar-refractivity contribution in [2.75, 3.05) is 19.8 Å². The van der Waals surface area contributed by atoms with Crippen LogP contribution in [0.3, 0.4) is 0 Å². The maximum absolute atomic E-state index is 14.0. The van der Waals surface area contributed by atoms with E-state index in [1.807, 2.05) is 0 Å². The van der Waals surface area contributed by atoms with Crippen LogP contribution in [0.25, 0.3) is 0 Å². The largest absolute Gasteiger partial charge is 0.482 e. The summed E-state index contributed by atoms with van der Waals surface area (Å²) in [5.74, 6) is -0.235. The van der Waals surface area contributed by atoms with Crippen LogP contribution in [0.5, 0.6) is 5.75 Å². The predicted octanol–water partition coefficient (Wildman–Crippen LogP) is 4.72. The average Bonchev–Trinajstić information content (AvgIpc) is 3.15. The van der Waals surface area contributed by atoms with Crippen LogP contribution in [0.15, 0.2) is 42.5 Å². The van der Waals surface area contributed by atoms with Crippen molar-refractivity contribution in [1.82, 2.24) is 4.90 Å². The van der Waals surface area contributed by atoms with Crippen molar-refractivity contribution in [2.24, 2.45) is 0 Å². The van der Waals surface area contributed by atoms with Gasteiger partial charge in [-0.1, -0.05) is 41.4 Å². The molecule has 4 nitrogen and oxygen atoms in total. The SMILES string of the molecule is O=C(COc1ccc(Cl)cc1Cl)N(Cc1ccccc1F)CC1CCCO1.